The highest BCUT2D eigenvalue weighted by molar-refractivity contribution is 7.08. The Morgan fingerprint density at radius 1 is 0.966 bits per heavy atom. The molecule has 29 heavy (non-hydrogen) atoms. The normalized spacial score (nSPS) is 15.0. The predicted octanol–water partition coefficient (Wildman–Crippen LogP) is 4.04. The molecule has 0 N–H and O–H groups in total. The number of piperazine rings is 1. The van der Waals surface area contributed by atoms with Gasteiger partial charge in [-0.2, -0.15) is 0 Å². The first-order chi connectivity index (χ1) is 14.3. The monoisotopic (exact) mass is 406 g/mol. The van der Waals surface area contributed by atoms with Gasteiger partial charge >= 0.3 is 0 Å². The van der Waals surface area contributed by atoms with Crippen LogP contribution in [0.5, 0.6) is 0 Å². The van der Waals surface area contributed by atoms with E-state index in [1.54, 1.807) is 0 Å². The number of nitrogens with zero attached hydrogens (tertiary/aromatic N) is 4. The van der Waals surface area contributed by atoms with Crippen molar-refractivity contribution < 1.29 is 4.79 Å². The molecule has 0 atom stereocenters. The SMILES string of the molecule is CCCc1nnsc1C(=O)N1CCN(C(c2ccccc2)c2ccccc2)CC1. The van der Waals surface area contributed by atoms with Crippen LogP contribution in [-0.4, -0.2) is 51.5 Å². The highest BCUT2D eigenvalue weighted by atomic mass is 32.1. The fourth-order valence-corrected chi connectivity index (χ4v) is 4.66. The Balaban J connectivity index is 1.50. The lowest BCUT2D eigenvalue weighted by molar-refractivity contribution is 0.0600. The first-order valence-corrected chi connectivity index (χ1v) is 11.0. The van der Waals surface area contributed by atoms with Crippen LogP contribution in [0.2, 0.25) is 0 Å². The summed E-state index contributed by atoms with van der Waals surface area (Å²) in [6.45, 7) is 5.22. The summed E-state index contributed by atoms with van der Waals surface area (Å²) in [5.74, 6) is 0.0825. The summed E-state index contributed by atoms with van der Waals surface area (Å²) in [6.07, 6.45) is 1.77. The highest BCUT2D eigenvalue weighted by Gasteiger charge is 2.30. The molecule has 1 saturated heterocycles. The Morgan fingerprint density at radius 2 is 1.55 bits per heavy atom. The van der Waals surface area contributed by atoms with E-state index in [2.05, 4.69) is 82.1 Å². The molecule has 0 unspecified atom stereocenters. The number of hydrogen-bond donors (Lipinski definition) is 0. The van der Waals surface area contributed by atoms with Crippen molar-refractivity contribution in [2.45, 2.75) is 25.8 Å². The molecule has 6 heteroatoms. The minimum absolute atomic E-state index is 0.0825. The van der Waals surface area contributed by atoms with Crippen LogP contribution in [0.4, 0.5) is 0 Å². The van der Waals surface area contributed by atoms with E-state index in [9.17, 15) is 4.79 Å². The molecule has 0 radical (unpaired) electrons. The zero-order chi connectivity index (χ0) is 20.1. The lowest BCUT2D eigenvalue weighted by Gasteiger charge is -2.39. The molecule has 1 aliphatic rings. The van der Waals surface area contributed by atoms with Crippen molar-refractivity contribution in [3.63, 3.8) is 0 Å². The molecule has 2 aromatic carbocycles. The van der Waals surface area contributed by atoms with Crippen LogP contribution in [0.25, 0.3) is 0 Å². The quantitative estimate of drug-likeness (QED) is 0.620. The molecule has 0 aliphatic carbocycles. The van der Waals surface area contributed by atoms with Gasteiger partial charge in [0.2, 0.25) is 0 Å². The van der Waals surface area contributed by atoms with E-state index in [-0.39, 0.29) is 11.9 Å². The second-order valence-electron chi connectivity index (χ2n) is 7.35. The summed E-state index contributed by atoms with van der Waals surface area (Å²) in [6, 6.07) is 21.4. The molecular formula is C23H26N4OS. The van der Waals surface area contributed by atoms with Gasteiger partial charge in [0, 0.05) is 26.2 Å². The van der Waals surface area contributed by atoms with Crippen molar-refractivity contribution >= 4 is 17.4 Å². The van der Waals surface area contributed by atoms with Gasteiger partial charge in [0.15, 0.2) is 0 Å². The van der Waals surface area contributed by atoms with Gasteiger partial charge in [0.25, 0.3) is 5.91 Å². The first kappa shape index (κ1) is 19.7. The third kappa shape index (κ3) is 4.38. The lowest BCUT2D eigenvalue weighted by Crippen LogP contribution is -2.49. The number of rotatable bonds is 6. The average Bonchev–Trinajstić information content (AvgIpc) is 3.24. The van der Waals surface area contributed by atoms with Crippen LogP contribution < -0.4 is 0 Å². The maximum absolute atomic E-state index is 13.0. The van der Waals surface area contributed by atoms with E-state index in [4.69, 9.17) is 0 Å². The van der Waals surface area contributed by atoms with Crippen LogP contribution >= 0.6 is 11.5 Å². The molecule has 1 amide bonds. The second kappa shape index (κ2) is 9.29. The number of carbonyl (C=O) groups excluding carboxylic acids is 1. The van der Waals surface area contributed by atoms with Crippen LogP contribution in [0.1, 0.15) is 45.9 Å². The van der Waals surface area contributed by atoms with Crippen molar-refractivity contribution in [2.24, 2.45) is 0 Å². The fourth-order valence-electron chi connectivity index (χ4n) is 3.98. The molecule has 3 aromatic rings. The van der Waals surface area contributed by atoms with Gasteiger partial charge in [-0.3, -0.25) is 9.69 Å². The minimum atomic E-state index is 0.0825. The van der Waals surface area contributed by atoms with E-state index in [1.165, 1.54) is 22.7 Å². The van der Waals surface area contributed by atoms with Gasteiger partial charge in [0.1, 0.15) is 4.88 Å². The largest absolute Gasteiger partial charge is 0.335 e. The van der Waals surface area contributed by atoms with E-state index in [1.807, 2.05) is 4.90 Å². The molecule has 1 aromatic heterocycles. The Bertz CT molecular complexity index is 881. The molecular weight excluding hydrogens is 380 g/mol. The highest BCUT2D eigenvalue weighted by Crippen LogP contribution is 2.29. The molecule has 5 nitrogen and oxygen atoms in total. The molecule has 2 heterocycles. The van der Waals surface area contributed by atoms with Gasteiger partial charge in [0.05, 0.1) is 11.7 Å². The van der Waals surface area contributed by atoms with Crippen molar-refractivity contribution in [3.05, 3.63) is 82.4 Å². The van der Waals surface area contributed by atoms with Crippen molar-refractivity contribution in [3.8, 4) is 0 Å². The van der Waals surface area contributed by atoms with Crippen LogP contribution in [0.15, 0.2) is 60.7 Å². The molecule has 0 saturated carbocycles. The van der Waals surface area contributed by atoms with Crippen molar-refractivity contribution in [1.29, 1.82) is 0 Å². The fraction of sp³-hybridized carbons (Fsp3) is 0.348. The number of amides is 1. The van der Waals surface area contributed by atoms with Gasteiger partial charge < -0.3 is 4.90 Å². The van der Waals surface area contributed by atoms with Crippen LogP contribution in [-0.2, 0) is 6.42 Å². The average molecular weight is 407 g/mol. The maximum Gasteiger partial charge on any atom is 0.267 e. The number of aromatic nitrogens is 2. The Labute approximate surface area is 176 Å². The summed E-state index contributed by atoms with van der Waals surface area (Å²) in [5.41, 5.74) is 3.42. The zero-order valence-corrected chi connectivity index (χ0v) is 17.5. The topological polar surface area (TPSA) is 49.3 Å². The number of carbonyl (C=O) groups is 1. The van der Waals surface area contributed by atoms with Gasteiger partial charge in [-0.05, 0) is 29.1 Å². The Kier molecular flexibility index (Phi) is 6.32. The lowest BCUT2D eigenvalue weighted by atomic mass is 9.96. The summed E-state index contributed by atoms with van der Waals surface area (Å²) in [4.78, 5) is 18.2. The van der Waals surface area contributed by atoms with Gasteiger partial charge in [-0.15, -0.1) is 5.10 Å². The van der Waals surface area contributed by atoms with Crippen LogP contribution in [0, 0.1) is 0 Å². The Morgan fingerprint density at radius 3 is 2.10 bits per heavy atom. The van der Waals surface area contributed by atoms with Crippen LogP contribution in [0.3, 0.4) is 0 Å². The molecule has 1 fully saturated rings. The van der Waals surface area contributed by atoms with Gasteiger partial charge in [-0.25, -0.2) is 0 Å². The third-order valence-corrected chi connectivity index (χ3v) is 6.19. The van der Waals surface area contributed by atoms with Crippen molar-refractivity contribution in [2.75, 3.05) is 26.2 Å². The molecule has 0 spiro atoms. The Hall–Kier alpha value is -2.57. The van der Waals surface area contributed by atoms with E-state index in [0.717, 1.165) is 44.7 Å². The van der Waals surface area contributed by atoms with E-state index >= 15 is 0 Å². The zero-order valence-electron chi connectivity index (χ0n) is 16.7. The molecule has 1 aliphatic heterocycles. The van der Waals surface area contributed by atoms with Gasteiger partial charge in [-0.1, -0.05) is 78.5 Å². The number of benzene rings is 2. The molecule has 0 bridgehead atoms. The number of hydrogen-bond acceptors (Lipinski definition) is 5. The minimum Gasteiger partial charge on any atom is -0.335 e. The molecule has 150 valence electrons. The predicted molar refractivity (Wildman–Crippen MR) is 116 cm³/mol. The van der Waals surface area contributed by atoms with Crippen molar-refractivity contribution in [1.82, 2.24) is 19.4 Å². The first-order valence-electron chi connectivity index (χ1n) is 10.2. The molecule has 4 rings (SSSR count). The smallest absolute Gasteiger partial charge is 0.267 e. The van der Waals surface area contributed by atoms with E-state index < -0.39 is 0 Å². The maximum atomic E-state index is 13.0. The third-order valence-electron chi connectivity index (χ3n) is 5.43. The standard InChI is InChI=1S/C23H26N4OS/c1-2-9-20-22(29-25-24-20)23(28)27-16-14-26(15-17-27)21(18-10-5-3-6-11-18)19-12-7-4-8-13-19/h3-8,10-13,21H,2,9,14-17H2,1H3. The summed E-state index contributed by atoms with van der Waals surface area (Å²) < 4.78 is 4.01. The van der Waals surface area contributed by atoms with E-state index in [0.29, 0.717) is 4.88 Å². The summed E-state index contributed by atoms with van der Waals surface area (Å²) >= 11 is 1.23. The second-order valence-corrected chi connectivity index (χ2v) is 8.10. The summed E-state index contributed by atoms with van der Waals surface area (Å²) in [5, 5.41) is 4.15. The number of aryl methyl sites for hydroxylation is 1. The summed E-state index contributed by atoms with van der Waals surface area (Å²) in [7, 11) is 0.